The maximum atomic E-state index is 11.9. The van der Waals surface area contributed by atoms with Gasteiger partial charge in [0.05, 0.1) is 12.1 Å². The van der Waals surface area contributed by atoms with Crippen molar-refractivity contribution in [3.05, 3.63) is 11.1 Å². The molecule has 6 nitrogen and oxygen atoms in total. The normalized spacial score (nSPS) is 20.8. The minimum atomic E-state index is -0.833. The second-order valence-electron chi connectivity index (χ2n) is 3.71. The van der Waals surface area contributed by atoms with Gasteiger partial charge in [-0.05, 0) is 24.4 Å². The average molecular weight is 241 g/mol. The zero-order valence-corrected chi connectivity index (χ0v) is 9.31. The van der Waals surface area contributed by atoms with E-state index in [1.165, 1.54) is 6.20 Å². The fraction of sp³-hybridized carbons (Fsp3) is 0.556. The number of carboxylic acids is 1. The van der Waals surface area contributed by atoms with Crippen LogP contribution in [0.4, 0.5) is 0 Å². The number of carbonyl (C=O) groups excluding carboxylic acids is 1. The Hall–Kier alpha value is -1.50. The Balaban J connectivity index is 2.05. The fourth-order valence-corrected chi connectivity index (χ4v) is 2.26. The van der Waals surface area contributed by atoms with Gasteiger partial charge < -0.3 is 10.0 Å². The molecule has 2 rings (SSSR count). The summed E-state index contributed by atoms with van der Waals surface area (Å²) in [6.07, 6.45) is 2.78. The first-order valence-electron chi connectivity index (χ1n) is 4.98. The molecule has 1 aliphatic rings. The third-order valence-corrected chi connectivity index (χ3v) is 3.28. The Morgan fingerprint density at radius 2 is 2.38 bits per heavy atom. The summed E-state index contributed by atoms with van der Waals surface area (Å²) < 4.78 is 3.62. The molecule has 1 amide bonds. The van der Waals surface area contributed by atoms with E-state index in [9.17, 15) is 9.59 Å². The first-order chi connectivity index (χ1) is 7.68. The highest BCUT2D eigenvalue weighted by molar-refractivity contribution is 7.07. The van der Waals surface area contributed by atoms with Crippen molar-refractivity contribution < 1.29 is 14.7 Å². The summed E-state index contributed by atoms with van der Waals surface area (Å²) in [6.45, 7) is 0.895. The quantitative estimate of drug-likeness (QED) is 0.814. The van der Waals surface area contributed by atoms with Crippen LogP contribution in [-0.4, -0.2) is 44.6 Å². The number of amides is 1. The van der Waals surface area contributed by atoms with Gasteiger partial charge in [0.25, 0.3) is 5.91 Å². The van der Waals surface area contributed by atoms with Gasteiger partial charge in [-0.2, -0.15) is 0 Å². The zero-order chi connectivity index (χ0) is 11.5. The van der Waals surface area contributed by atoms with Crippen LogP contribution in [0.2, 0.25) is 0 Å². The van der Waals surface area contributed by atoms with Gasteiger partial charge in [0.15, 0.2) is 0 Å². The van der Waals surface area contributed by atoms with E-state index >= 15 is 0 Å². The van der Waals surface area contributed by atoms with Crippen molar-refractivity contribution in [3.63, 3.8) is 0 Å². The van der Waals surface area contributed by atoms with Gasteiger partial charge >= 0.3 is 5.97 Å². The Kier molecular flexibility index (Phi) is 3.14. The van der Waals surface area contributed by atoms with E-state index < -0.39 is 11.9 Å². The standard InChI is InChI=1S/C9H11N3O3S/c13-8(7-4-10-11-16-7)12-3-1-2-6(5-12)9(14)15/h4,6H,1-3,5H2,(H,14,15)/t6-/m0/s1. The molecule has 7 heteroatoms. The van der Waals surface area contributed by atoms with E-state index in [0.29, 0.717) is 17.8 Å². The lowest BCUT2D eigenvalue weighted by Crippen LogP contribution is -2.42. The topological polar surface area (TPSA) is 83.4 Å². The summed E-state index contributed by atoms with van der Waals surface area (Å²) in [5, 5.41) is 12.5. The SMILES string of the molecule is O=C(O)[C@H]1CCCN(C(=O)c2cnns2)C1. The molecule has 0 bridgehead atoms. The second kappa shape index (κ2) is 4.56. The van der Waals surface area contributed by atoms with Crippen molar-refractivity contribution in [2.24, 2.45) is 5.92 Å². The first-order valence-corrected chi connectivity index (χ1v) is 5.75. The maximum Gasteiger partial charge on any atom is 0.308 e. The molecule has 1 aromatic heterocycles. The molecule has 0 saturated carbocycles. The molecule has 1 fully saturated rings. The van der Waals surface area contributed by atoms with Gasteiger partial charge in [-0.15, -0.1) is 5.10 Å². The molecule has 1 saturated heterocycles. The van der Waals surface area contributed by atoms with Crippen molar-refractivity contribution in [1.29, 1.82) is 0 Å². The van der Waals surface area contributed by atoms with Crippen LogP contribution in [0, 0.1) is 5.92 Å². The van der Waals surface area contributed by atoms with Crippen LogP contribution in [0.25, 0.3) is 0 Å². The Morgan fingerprint density at radius 1 is 1.56 bits per heavy atom. The fourth-order valence-electron chi connectivity index (χ4n) is 1.78. The molecular formula is C9H11N3O3S. The van der Waals surface area contributed by atoms with E-state index in [0.717, 1.165) is 18.0 Å². The van der Waals surface area contributed by atoms with Crippen molar-refractivity contribution in [1.82, 2.24) is 14.5 Å². The van der Waals surface area contributed by atoms with E-state index in [4.69, 9.17) is 5.11 Å². The molecule has 1 aliphatic heterocycles. The minimum absolute atomic E-state index is 0.166. The predicted molar refractivity (Wildman–Crippen MR) is 56.2 cm³/mol. The number of carbonyl (C=O) groups is 2. The molecule has 0 unspecified atom stereocenters. The van der Waals surface area contributed by atoms with Crippen LogP contribution >= 0.6 is 11.5 Å². The summed E-state index contributed by atoms with van der Waals surface area (Å²) in [5.74, 6) is -1.44. The second-order valence-corrected chi connectivity index (χ2v) is 4.50. The number of likely N-dealkylation sites (tertiary alicyclic amines) is 1. The van der Waals surface area contributed by atoms with E-state index in [1.54, 1.807) is 4.90 Å². The van der Waals surface area contributed by atoms with E-state index in [2.05, 4.69) is 9.59 Å². The van der Waals surface area contributed by atoms with Gasteiger partial charge in [-0.25, -0.2) is 0 Å². The van der Waals surface area contributed by atoms with Crippen LogP contribution in [0.15, 0.2) is 6.20 Å². The van der Waals surface area contributed by atoms with Crippen LogP contribution in [0.1, 0.15) is 22.5 Å². The van der Waals surface area contributed by atoms with Gasteiger partial charge in [0, 0.05) is 13.1 Å². The summed E-state index contributed by atoms with van der Waals surface area (Å²) in [6, 6.07) is 0. The van der Waals surface area contributed by atoms with Crippen molar-refractivity contribution in [2.75, 3.05) is 13.1 Å². The third kappa shape index (κ3) is 2.19. The van der Waals surface area contributed by atoms with Crippen LogP contribution in [0.3, 0.4) is 0 Å². The monoisotopic (exact) mass is 241 g/mol. The Bertz CT molecular complexity index is 393. The number of aromatic nitrogens is 2. The molecular weight excluding hydrogens is 230 g/mol. The summed E-state index contributed by atoms with van der Waals surface area (Å²) in [7, 11) is 0. The predicted octanol–water partition coefficient (Wildman–Crippen LogP) is 0.475. The molecule has 86 valence electrons. The lowest BCUT2D eigenvalue weighted by molar-refractivity contribution is -0.143. The van der Waals surface area contributed by atoms with Crippen molar-refractivity contribution in [3.8, 4) is 0 Å². The zero-order valence-electron chi connectivity index (χ0n) is 8.50. The van der Waals surface area contributed by atoms with Gasteiger partial charge in [0.2, 0.25) is 0 Å². The number of piperidine rings is 1. The molecule has 0 aromatic carbocycles. The summed E-state index contributed by atoms with van der Waals surface area (Å²) in [4.78, 5) is 24.8. The number of aliphatic carboxylic acids is 1. The summed E-state index contributed by atoms with van der Waals surface area (Å²) in [5.41, 5.74) is 0. The van der Waals surface area contributed by atoms with Gasteiger partial charge in [0.1, 0.15) is 4.88 Å². The number of carboxylic acid groups (broad SMARTS) is 1. The maximum absolute atomic E-state index is 11.9. The lowest BCUT2D eigenvalue weighted by Gasteiger charge is -2.30. The summed E-state index contributed by atoms with van der Waals surface area (Å²) >= 11 is 1.03. The Labute approximate surface area is 96.0 Å². The number of hydrogen-bond acceptors (Lipinski definition) is 5. The van der Waals surface area contributed by atoms with E-state index in [1.807, 2.05) is 0 Å². The average Bonchev–Trinajstić information content (AvgIpc) is 2.81. The molecule has 0 spiro atoms. The molecule has 0 aliphatic carbocycles. The van der Waals surface area contributed by atoms with Crippen molar-refractivity contribution >= 4 is 23.4 Å². The number of nitrogens with zero attached hydrogens (tertiary/aromatic N) is 3. The molecule has 1 N–H and O–H groups in total. The van der Waals surface area contributed by atoms with Crippen LogP contribution in [0.5, 0.6) is 0 Å². The van der Waals surface area contributed by atoms with Crippen LogP contribution in [-0.2, 0) is 4.79 Å². The highest BCUT2D eigenvalue weighted by atomic mass is 32.1. The smallest absolute Gasteiger partial charge is 0.308 e. The van der Waals surface area contributed by atoms with E-state index in [-0.39, 0.29) is 12.5 Å². The van der Waals surface area contributed by atoms with Crippen LogP contribution < -0.4 is 0 Å². The molecule has 1 atom stereocenters. The molecule has 0 radical (unpaired) electrons. The lowest BCUT2D eigenvalue weighted by atomic mass is 9.98. The first kappa shape index (κ1) is 11.0. The highest BCUT2D eigenvalue weighted by Crippen LogP contribution is 2.19. The van der Waals surface area contributed by atoms with Gasteiger partial charge in [-0.1, -0.05) is 4.49 Å². The van der Waals surface area contributed by atoms with Crippen molar-refractivity contribution in [2.45, 2.75) is 12.8 Å². The highest BCUT2D eigenvalue weighted by Gasteiger charge is 2.29. The molecule has 1 aromatic rings. The Morgan fingerprint density at radius 3 is 3.00 bits per heavy atom. The van der Waals surface area contributed by atoms with Gasteiger partial charge in [-0.3, -0.25) is 9.59 Å². The minimum Gasteiger partial charge on any atom is -0.481 e. The molecule has 16 heavy (non-hydrogen) atoms. The largest absolute Gasteiger partial charge is 0.481 e. The number of rotatable bonds is 2. The number of hydrogen-bond donors (Lipinski definition) is 1. The molecule has 2 heterocycles. The third-order valence-electron chi connectivity index (χ3n) is 2.63.